The highest BCUT2D eigenvalue weighted by atomic mass is 16.5. The van der Waals surface area contributed by atoms with E-state index in [1.807, 2.05) is 6.08 Å². The van der Waals surface area contributed by atoms with E-state index in [1.54, 1.807) is 7.05 Å². The maximum atomic E-state index is 12.2. The molecule has 1 aliphatic rings. The van der Waals surface area contributed by atoms with Crippen molar-refractivity contribution in [1.29, 1.82) is 0 Å². The van der Waals surface area contributed by atoms with E-state index < -0.39 is 0 Å². The van der Waals surface area contributed by atoms with Gasteiger partial charge in [0.05, 0.1) is 18.1 Å². The van der Waals surface area contributed by atoms with Crippen LogP contribution < -0.4 is 10.2 Å². The monoisotopic (exact) mass is 400 g/mol. The fourth-order valence-electron chi connectivity index (χ4n) is 4.15. The summed E-state index contributed by atoms with van der Waals surface area (Å²) in [6.45, 7) is 10.3. The Hall–Kier alpha value is -1.81. The van der Waals surface area contributed by atoms with Gasteiger partial charge < -0.3 is 15.0 Å². The van der Waals surface area contributed by atoms with Crippen LogP contribution in [0.1, 0.15) is 76.7 Å². The van der Waals surface area contributed by atoms with Crippen molar-refractivity contribution in [2.45, 2.75) is 83.3 Å². The van der Waals surface area contributed by atoms with Crippen LogP contribution in [-0.4, -0.2) is 38.3 Å². The molecule has 162 valence electrons. The molecule has 1 N–H and O–H groups in total. The molecule has 4 nitrogen and oxygen atoms in total. The molecule has 1 heterocycles. The number of rotatable bonds is 12. The number of benzene rings is 1. The first-order valence-corrected chi connectivity index (χ1v) is 11.5. The number of carbonyl (C=O) groups excluding carboxylic acids is 1. The molecule has 2 unspecified atom stereocenters. The largest absolute Gasteiger partial charge is 0.375 e. The third kappa shape index (κ3) is 7.18. The number of nitrogens with zero attached hydrogens (tertiary/aromatic N) is 1. The molecule has 4 heteroatoms. The highest BCUT2D eigenvalue weighted by molar-refractivity contribution is 5.83. The Balaban J connectivity index is 1.90. The maximum Gasteiger partial charge on any atom is 0.227 e. The molecule has 2 atom stereocenters. The Labute approximate surface area is 177 Å². The molecule has 29 heavy (non-hydrogen) atoms. The van der Waals surface area contributed by atoms with E-state index in [-0.39, 0.29) is 11.8 Å². The van der Waals surface area contributed by atoms with Crippen molar-refractivity contribution in [1.82, 2.24) is 5.32 Å². The fraction of sp³-hybridized carbons (Fsp3) is 0.640. The lowest BCUT2D eigenvalue weighted by Gasteiger charge is -2.35. The number of unbranched alkanes of at least 4 members (excludes halogenated alkanes) is 1. The number of anilines is 1. The number of piperidine rings is 1. The van der Waals surface area contributed by atoms with Crippen molar-refractivity contribution in [3.05, 3.63) is 42.5 Å². The molecule has 1 aliphatic heterocycles. The minimum Gasteiger partial charge on any atom is -0.375 e. The second-order valence-corrected chi connectivity index (χ2v) is 8.12. The minimum absolute atomic E-state index is 0.0751. The summed E-state index contributed by atoms with van der Waals surface area (Å²) in [5, 5.41) is 2.79. The smallest absolute Gasteiger partial charge is 0.227 e. The van der Waals surface area contributed by atoms with Gasteiger partial charge in [-0.05, 0) is 56.2 Å². The van der Waals surface area contributed by atoms with Crippen LogP contribution in [0.15, 0.2) is 36.9 Å². The van der Waals surface area contributed by atoms with Gasteiger partial charge in [0.1, 0.15) is 0 Å². The van der Waals surface area contributed by atoms with Crippen molar-refractivity contribution < 1.29 is 9.53 Å². The zero-order valence-corrected chi connectivity index (χ0v) is 18.7. The van der Waals surface area contributed by atoms with E-state index in [0.717, 1.165) is 50.8 Å². The average Bonchev–Trinajstić information content (AvgIpc) is 2.77. The lowest BCUT2D eigenvalue weighted by atomic mass is 9.93. The van der Waals surface area contributed by atoms with Crippen molar-refractivity contribution in [3.63, 3.8) is 0 Å². The van der Waals surface area contributed by atoms with Crippen LogP contribution in [0.3, 0.4) is 0 Å². The van der Waals surface area contributed by atoms with Gasteiger partial charge in [-0.3, -0.25) is 4.79 Å². The third-order valence-corrected chi connectivity index (χ3v) is 6.04. The first-order valence-electron chi connectivity index (χ1n) is 11.5. The number of amides is 1. The molecule has 1 aromatic rings. The van der Waals surface area contributed by atoms with Crippen molar-refractivity contribution in [2.24, 2.45) is 0 Å². The molecule has 0 spiro atoms. The summed E-state index contributed by atoms with van der Waals surface area (Å²) in [5.41, 5.74) is 2.32. The number of nitrogens with one attached hydrogen (secondary N) is 1. The van der Waals surface area contributed by atoms with Gasteiger partial charge in [0.25, 0.3) is 0 Å². The van der Waals surface area contributed by atoms with Crippen LogP contribution in [0, 0.1) is 0 Å². The number of allylic oxidation sites excluding steroid dienone is 1. The highest BCUT2D eigenvalue weighted by Crippen LogP contribution is 2.27. The molecular weight excluding hydrogens is 360 g/mol. The van der Waals surface area contributed by atoms with E-state index in [0.29, 0.717) is 12.2 Å². The molecule has 1 amide bonds. The summed E-state index contributed by atoms with van der Waals surface area (Å²) >= 11 is 0. The van der Waals surface area contributed by atoms with Gasteiger partial charge in [-0.15, -0.1) is 6.58 Å². The topological polar surface area (TPSA) is 41.6 Å². The number of likely N-dealkylation sites (N-methyl/N-ethyl adjacent to an activating group) is 1. The SMILES string of the molecule is C=CCCC(C(=O)NC)c1ccc(N2CCC(OC(CC)CCCC)CC2)cc1. The molecule has 0 bridgehead atoms. The predicted molar refractivity (Wildman–Crippen MR) is 123 cm³/mol. The van der Waals surface area contributed by atoms with Gasteiger partial charge in [0.15, 0.2) is 0 Å². The van der Waals surface area contributed by atoms with Crippen LogP contribution >= 0.6 is 0 Å². The summed E-state index contributed by atoms with van der Waals surface area (Å²) in [6, 6.07) is 8.55. The Morgan fingerprint density at radius 1 is 1.24 bits per heavy atom. The quantitative estimate of drug-likeness (QED) is 0.475. The zero-order valence-electron chi connectivity index (χ0n) is 18.7. The summed E-state index contributed by atoms with van der Waals surface area (Å²) in [5.74, 6) is -0.0357. The molecule has 0 saturated carbocycles. The van der Waals surface area contributed by atoms with Gasteiger partial charge in [-0.1, -0.05) is 44.9 Å². The van der Waals surface area contributed by atoms with Gasteiger partial charge in [0.2, 0.25) is 5.91 Å². The lowest BCUT2D eigenvalue weighted by molar-refractivity contribution is -0.122. The Morgan fingerprint density at radius 2 is 1.93 bits per heavy atom. The van der Waals surface area contributed by atoms with Crippen LogP contribution in [0.5, 0.6) is 0 Å². The first kappa shape index (κ1) is 23.5. The normalized spacial score (nSPS) is 17.0. The maximum absolute atomic E-state index is 12.2. The first-order chi connectivity index (χ1) is 14.1. The summed E-state index contributed by atoms with van der Waals surface area (Å²) < 4.78 is 6.37. The van der Waals surface area contributed by atoms with E-state index in [9.17, 15) is 4.79 Å². The second-order valence-electron chi connectivity index (χ2n) is 8.12. The van der Waals surface area contributed by atoms with Crippen molar-refractivity contribution >= 4 is 11.6 Å². The Bertz CT molecular complexity index is 606. The molecule has 2 rings (SSSR count). The van der Waals surface area contributed by atoms with Crippen molar-refractivity contribution in [2.75, 3.05) is 25.0 Å². The highest BCUT2D eigenvalue weighted by Gasteiger charge is 2.23. The van der Waals surface area contributed by atoms with E-state index in [4.69, 9.17) is 4.74 Å². The van der Waals surface area contributed by atoms with Crippen LogP contribution in [0.4, 0.5) is 5.69 Å². The standard InChI is InChI=1S/C25H40N2O2/c1-5-8-10-22(7-3)29-23-16-18-27(19-17-23)21-14-12-20(13-15-21)24(11-9-6-2)25(28)26-4/h6,12-15,22-24H,2,5,7-11,16-19H2,1,3-4H3,(H,26,28). The number of carbonyl (C=O) groups is 1. The fourth-order valence-corrected chi connectivity index (χ4v) is 4.15. The molecule has 0 aliphatic carbocycles. The molecule has 0 aromatic heterocycles. The van der Waals surface area contributed by atoms with Gasteiger partial charge in [-0.2, -0.15) is 0 Å². The molecular formula is C25H40N2O2. The zero-order chi connectivity index (χ0) is 21.1. The third-order valence-electron chi connectivity index (χ3n) is 6.04. The van der Waals surface area contributed by atoms with Crippen LogP contribution in [0.2, 0.25) is 0 Å². The number of hydrogen-bond donors (Lipinski definition) is 1. The van der Waals surface area contributed by atoms with E-state index >= 15 is 0 Å². The molecule has 1 saturated heterocycles. The Kier molecular flexibility index (Phi) is 10.3. The average molecular weight is 401 g/mol. The summed E-state index contributed by atoms with van der Waals surface area (Å²) in [4.78, 5) is 14.7. The molecule has 1 fully saturated rings. The number of ether oxygens (including phenoxy) is 1. The molecule has 0 radical (unpaired) electrons. The van der Waals surface area contributed by atoms with E-state index in [2.05, 4.69) is 54.9 Å². The van der Waals surface area contributed by atoms with Gasteiger partial charge >= 0.3 is 0 Å². The Morgan fingerprint density at radius 3 is 2.48 bits per heavy atom. The summed E-state index contributed by atoms with van der Waals surface area (Å²) in [6.07, 6.45) is 11.3. The van der Waals surface area contributed by atoms with Crippen LogP contribution in [0.25, 0.3) is 0 Å². The summed E-state index contributed by atoms with van der Waals surface area (Å²) in [7, 11) is 1.70. The second kappa shape index (κ2) is 12.7. The predicted octanol–water partition coefficient (Wildman–Crippen LogP) is 5.44. The molecule has 1 aromatic carbocycles. The minimum atomic E-state index is -0.111. The number of hydrogen-bond acceptors (Lipinski definition) is 3. The van der Waals surface area contributed by atoms with Gasteiger partial charge in [0, 0.05) is 25.8 Å². The van der Waals surface area contributed by atoms with Crippen LogP contribution in [-0.2, 0) is 9.53 Å². The van der Waals surface area contributed by atoms with E-state index in [1.165, 1.54) is 24.9 Å². The van der Waals surface area contributed by atoms with Crippen molar-refractivity contribution in [3.8, 4) is 0 Å². The lowest BCUT2D eigenvalue weighted by Crippen LogP contribution is -2.38. The van der Waals surface area contributed by atoms with Gasteiger partial charge in [-0.25, -0.2) is 0 Å².